The third-order valence-electron chi connectivity index (χ3n) is 2.81. The van der Waals surface area contributed by atoms with Gasteiger partial charge in [0.2, 0.25) is 0 Å². The van der Waals surface area contributed by atoms with Crippen molar-refractivity contribution in [1.82, 2.24) is 5.32 Å². The first-order valence-electron chi connectivity index (χ1n) is 6.29. The molecule has 0 bridgehead atoms. The maximum Gasteiger partial charge on any atom is 0.345 e. The van der Waals surface area contributed by atoms with Gasteiger partial charge in [0.1, 0.15) is 4.88 Å². The van der Waals surface area contributed by atoms with E-state index in [-0.39, 0.29) is 6.61 Å². The second kappa shape index (κ2) is 8.24. The topological polar surface area (TPSA) is 69.6 Å². The van der Waals surface area contributed by atoms with Crippen LogP contribution in [0.25, 0.3) is 0 Å². The van der Waals surface area contributed by atoms with Crippen LogP contribution in [-0.2, 0) is 6.54 Å². The molecule has 0 saturated heterocycles. The quantitative estimate of drug-likeness (QED) is 0.603. The van der Waals surface area contributed by atoms with Gasteiger partial charge in [-0.15, -0.1) is 11.3 Å². The molecule has 0 aliphatic heterocycles. The minimum absolute atomic E-state index is 0.277. The Labute approximate surface area is 112 Å². The molecule has 0 aliphatic carbocycles. The zero-order chi connectivity index (χ0) is 13.4. The van der Waals surface area contributed by atoms with Gasteiger partial charge in [-0.25, -0.2) is 4.79 Å². The van der Waals surface area contributed by atoms with Crippen molar-refractivity contribution >= 4 is 17.3 Å². The van der Waals surface area contributed by atoms with Gasteiger partial charge in [0.15, 0.2) is 0 Å². The fourth-order valence-electron chi connectivity index (χ4n) is 1.74. The molecule has 0 fully saturated rings. The number of carboxylic acids is 1. The van der Waals surface area contributed by atoms with Crippen molar-refractivity contribution in [3.8, 4) is 0 Å². The number of nitrogens with one attached hydrogen (secondary N) is 1. The summed E-state index contributed by atoms with van der Waals surface area (Å²) in [6, 6.07) is 1.75. The molecule has 102 valence electrons. The molecular formula is C13H21NO3S. The second-order valence-electron chi connectivity index (χ2n) is 4.31. The highest BCUT2D eigenvalue weighted by Crippen LogP contribution is 2.21. The molecule has 0 atom stereocenters. The molecule has 0 saturated carbocycles. The van der Waals surface area contributed by atoms with Crippen molar-refractivity contribution < 1.29 is 15.0 Å². The second-order valence-corrected chi connectivity index (χ2v) is 5.57. The Morgan fingerprint density at radius 2 is 2.06 bits per heavy atom. The molecule has 3 N–H and O–H groups in total. The number of hydrogen-bond acceptors (Lipinski definition) is 4. The van der Waals surface area contributed by atoms with Crippen molar-refractivity contribution in [2.24, 2.45) is 0 Å². The molecular weight excluding hydrogens is 250 g/mol. The molecule has 0 aliphatic rings. The van der Waals surface area contributed by atoms with E-state index in [1.54, 1.807) is 6.07 Å². The minimum Gasteiger partial charge on any atom is -0.477 e. The van der Waals surface area contributed by atoms with E-state index >= 15 is 0 Å². The maximum atomic E-state index is 10.8. The molecule has 1 rings (SSSR count). The summed E-state index contributed by atoms with van der Waals surface area (Å²) in [5, 5.41) is 20.8. The Morgan fingerprint density at radius 1 is 1.33 bits per heavy atom. The average Bonchev–Trinajstić information content (AvgIpc) is 2.70. The van der Waals surface area contributed by atoms with Crippen molar-refractivity contribution in [3.05, 3.63) is 21.4 Å². The summed E-state index contributed by atoms with van der Waals surface area (Å²) in [7, 11) is 0. The molecule has 0 radical (unpaired) electrons. The van der Waals surface area contributed by atoms with Crippen LogP contribution < -0.4 is 5.32 Å². The highest BCUT2D eigenvalue weighted by molar-refractivity contribution is 7.14. The van der Waals surface area contributed by atoms with Gasteiger partial charge in [0.05, 0.1) is 0 Å². The Balaban J connectivity index is 2.21. The SMILES string of the molecule is Cc1sc(C(=O)O)cc1CNCCCCCCO. The fourth-order valence-corrected chi connectivity index (χ4v) is 2.62. The zero-order valence-corrected chi connectivity index (χ0v) is 11.6. The molecule has 4 nitrogen and oxygen atoms in total. The first kappa shape index (κ1) is 15.1. The number of unbranched alkanes of at least 4 members (excludes halogenated alkanes) is 3. The molecule has 0 amide bonds. The van der Waals surface area contributed by atoms with Gasteiger partial charge >= 0.3 is 5.97 Å². The zero-order valence-electron chi connectivity index (χ0n) is 10.7. The third kappa shape index (κ3) is 5.16. The van der Waals surface area contributed by atoms with Crippen LogP contribution in [0.4, 0.5) is 0 Å². The molecule has 0 spiro atoms. The van der Waals surface area contributed by atoms with Crippen molar-refractivity contribution in [2.45, 2.75) is 39.2 Å². The minimum atomic E-state index is -0.849. The summed E-state index contributed by atoms with van der Waals surface area (Å²) >= 11 is 1.33. The standard InChI is InChI=1S/C13H21NO3S/c1-10-11(8-12(18-10)13(16)17)9-14-6-4-2-3-5-7-15/h8,14-15H,2-7,9H2,1H3,(H,16,17). The summed E-state index contributed by atoms with van der Waals surface area (Å²) in [6.45, 7) is 3.90. The van der Waals surface area contributed by atoms with Crippen molar-refractivity contribution in [2.75, 3.05) is 13.2 Å². The van der Waals surface area contributed by atoms with Gasteiger partial charge in [-0.3, -0.25) is 0 Å². The Bertz CT molecular complexity index is 376. The Morgan fingerprint density at radius 3 is 2.67 bits per heavy atom. The van der Waals surface area contributed by atoms with Gasteiger partial charge in [-0.2, -0.15) is 0 Å². The van der Waals surface area contributed by atoms with Crippen LogP contribution >= 0.6 is 11.3 Å². The highest BCUT2D eigenvalue weighted by Gasteiger charge is 2.10. The van der Waals surface area contributed by atoms with E-state index in [2.05, 4.69) is 5.32 Å². The molecule has 1 aromatic heterocycles. The number of rotatable bonds is 9. The Hall–Kier alpha value is -0.910. The van der Waals surface area contributed by atoms with Crippen LogP contribution in [-0.4, -0.2) is 29.3 Å². The van der Waals surface area contributed by atoms with Crippen LogP contribution in [0.15, 0.2) is 6.07 Å². The number of aliphatic hydroxyl groups excluding tert-OH is 1. The van der Waals surface area contributed by atoms with Crippen LogP contribution in [0.1, 0.15) is 45.8 Å². The number of aliphatic hydroxyl groups is 1. The summed E-state index contributed by atoms with van der Waals surface area (Å²) in [6.07, 6.45) is 4.16. The summed E-state index contributed by atoms with van der Waals surface area (Å²) in [5.74, 6) is -0.849. The lowest BCUT2D eigenvalue weighted by atomic mass is 10.2. The number of hydrogen-bond donors (Lipinski definition) is 3. The van der Waals surface area contributed by atoms with E-state index in [1.807, 2.05) is 6.92 Å². The number of thiophene rings is 1. The van der Waals surface area contributed by atoms with E-state index < -0.39 is 5.97 Å². The molecule has 0 aromatic carbocycles. The molecule has 1 aromatic rings. The van der Waals surface area contributed by atoms with Crippen molar-refractivity contribution in [1.29, 1.82) is 0 Å². The van der Waals surface area contributed by atoms with Crippen LogP contribution in [0.5, 0.6) is 0 Å². The molecule has 1 heterocycles. The van der Waals surface area contributed by atoms with E-state index in [0.717, 1.165) is 49.2 Å². The number of aryl methyl sites for hydroxylation is 1. The number of aromatic carboxylic acids is 1. The van der Waals surface area contributed by atoms with E-state index in [0.29, 0.717) is 4.88 Å². The number of carbonyl (C=O) groups is 1. The van der Waals surface area contributed by atoms with Crippen LogP contribution in [0, 0.1) is 6.92 Å². The molecule has 18 heavy (non-hydrogen) atoms. The lowest BCUT2D eigenvalue weighted by molar-refractivity contribution is 0.0702. The monoisotopic (exact) mass is 271 g/mol. The van der Waals surface area contributed by atoms with E-state index in [9.17, 15) is 4.79 Å². The summed E-state index contributed by atoms with van der Waals surface area (Å²) in [5.41, 5.74) is 1.08. The molecule has 0 unspecified atom stereocenters. The van der Waals surface area contributed by atoms with Crippen LogP contribution in [0.2, 0.25) is 0 Å². The van der Waals surface area contributed by atoms with Gasteiger partial charge < -0.3 is 15.5 Å². The van der Waals surface area contributed by atoms with E-state index in [4.69, 9.17) is 10.2 Å². The van der Waals surface area contributed by atoms with Crippen molar-refractivity contribution in [3.63, 3.8) is 0 Å². The molecule has 5 heteroatoms. The first-order valence-corrected chi connectivity index (χ1v) is 7.11. The van der Waals surface area contributed by atoms with E-state index in [1.165, 1.54) is 11.3 Å². The predicted molar refractivity (Wildman–Crippen MR) is 73.3 cm³/mol. The lowest BCUT2D eigenvalue weighted by Crippen LogP contribution is -2.14. The van der Waals surface area contributed by atoms with Gasteiger partial charge in [-0.05, 0) is 37.9 Å². The normalized spacial score (nSPS) is 10.8. The van der Waals surface area contributed by atoms with Gasteiger partial charge in [0.25, 0.3) is 0 Å². The third-order valence-corrected chi connectivity index (χ3v) is 3.89. The van der Waals surface area contributed by atoms with Gasteiger partial charge in [0, 0.05) is 18.0 Å². The average molecular weight is 271 g/mol. The maximum absolute atomic E-state index is 10.8. The predicted octanol–water partition coefficient (Wildman–Crippen LogP) is 2.40. The lowest BCUT2D eigenvalue weighted by Gasteiger charge is -2.04. The van der Waals surface area contributed by atoms with Gasteiger partial charge in [-0.1, -0.05) is 12.8 Å². The smallest absolute Gasteiger partial charge is 0.345 e. The first-order chi connectivity index (χ1) is 8.65. The largest absolute Gasteiger partial charge is 0.477 e. The van der Waals surface area contributed by atoms with Crippen LogP contribution in [0.3, 0.4) is 0 Å². The highest BCUT2D eigenvalue weighted by atomic mass is 32.1. The summed E-state index contributed by atoms with van der Waals surface area (Å²) in [4.78, 5) is 12.3. The Kier molecular flexibility index (Phi) is 6.93. The summed E-state index contributed by atoms with van der Waals surface area (Å²) < 4.78 is 0. The number of carboxylic acid groups (broad SMARTS) is 1. The fraction of sp³-hybridized carbons (Fsp3) is 0.615.